The quantitative estimate of drug-likeness (QED) is 0.865. The van der Waals surface area contributed by atoms with Crippen molar-refractivity contribution in [2.45, 2.75) is 36.8 Å². The third kappa shape index (κ3) is 2.61. The molecule has 0 saturated heterocycles. The molecule has 0 aromatic heterocycles. The van der Waals surface area contributed by atoms with E-state index in [0.29, 0.717) is 23.7 Å². The number of benzene rings is 1. The van der Waals surface area contributed by atoms with Crippen molar-refractivity contribution in [3.63, 3.8) is 0 Å². The first kappa shape index (κ1) is 12.0. The van der Waals surface area contributed by atoms with Crippen LogP contribution in [-0.4, -0.2) is 17.0 Å². The molecule has 1 aromatic rings. The molecule has 88 valence electrons. The molecule has 0 radical (unpaired) electrons. The van der Waals surface area contributed by atoms with E-state index in [1.165, 1.54) is 16.9 Å². The monoisotopic (exact) mass is 236 g/mol. The van der Waals surface area contributed by atoms with E-state index >= 15 is 0 Å². The van der Waals surface area contributed by atoms with E-state index in [-0.39, 0.29) is 0 Å². The van der Waals surface area contributed by atoms with Crippen LogP contribution in [0.25, 0.3) is 0 Å². The Kier molecular flexibility index (Phi) is 3.93. The van der Waals surface area contributed by atoms with Crippen LogP contribution in [0, 0.1) is 11.8 Å². The van der Waals surface area contributed by atoms with Crippen LogP contribution in [0.4, 0.5) is 0 Å². The Bertz CT molecular complexity index is 323. The lowest BCUT2D eigenvalue weighted by Crippen LogP contribution is -2.19. The first-order valence-electron chi connectivity index (χ1n) is 6.06. The number of aliphatic hydroxyl groups is 1. The lowest BCUT2D eigenvalue weighted by atomic mass is 9.90. The maximum atomic E-state index is 9.36. The second-order valence-electron chi connectivity index (χ2n) is 4.97. The minimum atomic E-state index is 0.324. The van der Waals surface area contributed by atoms with Gasteiger partial charge in [0.1, 0.15) is 0 Å². The van der Waals surface area contributed by atoms with E-state index < -0.39 is 0 Å². The van der Waals surface area contributed by atoms with E-state index in [1.807, 2.05) is 11.8 Å². The van der Waals surface area contributed by atoms with Crippen LogP contribution in [0.1, 0.15) is 25.8 Å². The van der Waals surface area contributed by atoms with Gasteiger partial charge in [-0.25, -0.2) is 0 Å². The summed E-state index contributed by atoms with van der Waals surface area (Å²) in [6.07, 6.45) is 2.30. The van der Waals surface area contributed by atoms with E-state index in [9.17, 15) is 5.11 Å². The summed E-state index contributed by atoms with van der Waals surface area (Å²) in [6, 6.07) is 8.67. The predicted octanol–water partition coefficient (Wildman–Crippen LogP) is 3.36. The molecule has 1 aromatic carbocycles. The average molecular weight is 236 g/mol. The van der Waals surface area contributed by atoms with Gasteiger partial charge in [0.05, 0.1) is 0 Å². The number of fused-ring (bicyclic) bond motifs is 1. The highest BCUT2D eigenvalue weighted by Gasteiger charge is 2.25. The largest absolute Gasteiger partial charge is 0.396 e. The van der Waals surface area contributed by atoms with Gasteiger partial charge in [-0.15, -0.1) is 11.8 Å². The molecule has 2 atom stereocenters. The first-order valence-corrected chi connectivity index (χ1v) is 6.94. The lowest BCUT2D eigenvalue weighted by molar-refractivity contribution is 0.181. The Morgan fingerprint density at radius 2 is 2.12 bits per heavy atom. The molecule has 16 heavy (non-hydrogen) atoms. The summed E-state index contributed by atoms with van der Waals surface area (Å²) in [5, 5.41) is 10.0. The Hall–Kier alpha value is -0.470. The zero-order chi connectivity index (χ0) is 11.5. The lowest BCUT2D eigenvalue weighted by Gasteiger charge is -2.21. The van der Waals surface area contributed by atoms with Crippen LogP contribution >= 0.6 is 11.8 Å². The normalized spacial score (nSPS) is 21.1. The van der Waals surface area contributed by atoms with Gasteiger partial charge in [0.15, 0.2) is 0 Å². The van der Waals surface area contributed by atoms with Crippen molar-refractivity contribution in [2.24, 2.45) is 11.8 Å². The van der Waals surface area contributed by atoms with Crippen molar-refractivity contribution in [1.82, 2.24) is 0 Å². The second-order valence-corrected chi connectivity index (χ2v) is 6.32. The molecule has 0 saturated carbocycles. The fourth-order valence-corrected chi connectivity index (χ4v) is 3.71. The maximum absolute atomic E-state index is 9.36. The molecule has 0 aliphatic carbocycles. The number of hydrogen-bond acceptors (Lipinski definition) is 2. The van der Waals surface area contributed by atoms with Gasteiger partial charge in [0, 0.05) is 16.8 Å². The smallest absolute Gasteiger partial charge is 0.0462 e. The molecule has 1 nitrogen and oxygen atoms in total. The first-order chi connectivity index (χ1) is 7.70. The van der Waals surface area contributed by atoms with Crippen molar-refractivity contribution >= 4 is 11.8 Å². The summed E-state index contributed by atoms with van der Waals surface area (Å²) in [5.41, 5.74) is 1.48. The van der Waals surface area contributed by atoms with Crippen LogP contribution in [-0.2, 0) is 6.42 Å². The van der Waals surface area contributed by atoms with Crippen LogP contribution in [0.2, 0.25) is 0 Å². The van der Waals surface area contributed by atoms with E-state index in [0.717, 1.165) is 6.42 Å². The summed E-state index contributed by atoms with van der Waals surface area (Å²) in [6.45, 7) is 4.73. The fourth-order valence-electron chi connectivity index (χ4n) is 2.28. The average Bonchev–Trinajstić information content (AvgIpc) is 2.67. The van der Waals surface area contributed by atoms with Gasteiger partial charge in [-0.1, -0.05) is 32.0 Å². The zero-order valence-corrected chi connectivity index (χ0v) is 10.8. The molecule has 1 aliphatic rings. The summed E-state index contributed by atoms with van der Waals surface area (Å²) in [5.74, 6) is 1.03. The molecule has 0 bridgehead atoms. The highest BCUT2D eigenvalue weighted by molar-refractivity contribution is 8.00. The standard InChI is InChI=1S/C14H20OS/c1-10(2)12(9-15)8-13-7-11-5-3-4-6-14(11)16-13/h3-6,10,12-13,15H,7-9H2,1-2H3. The minimum absolute atomic E-state index is 0.324. The molecular formula is C14H20OS. The Labute approximate surface area is 102 Å². The van der Waals surface area contributed by atoms with Gasteiger partial charge in [-0.05, 0) is 36.3 Å². The van der Waals surface area contributed by atoms with Gasteiger partial charge < -0.3 is 5.11 Å². The Morgan fingerprint density at radius 3 is 2.75 bits per heavy atom. The summed E-state index contributed by atoms with van der Waals surface area (Å²) < 4.78 is 0. The second kappa shape index (κ2) is 5.24. The highest BCUT2D eigenvalue weighted by atomic mass is 32.2. The summed E-state index contributed by atoms with van der Waals surface area (Å²) >= 11 is 1.99. The number of aliphatic hydroxyl groups excluding tert-OH is 1. The van der Waals surface area contributed by atoms with Gasteiger partial charge in [0.25, 0.3) is 0 Å². The van der Waals surface area contributed by atoms with Gasteiger partial charge in [-0.2, -0.15) is 0 Å². The van der Waals surface area contributed by atoms with E-state index in [4.69, 9.17) is 0 Å². The van der Waals surface area contributed by atoms with Crippen LogP contribution in [0.3, 0.4) is 0 Å². The van der Waals surface area contributed by atoms with E-state index in [1.54, 1.807) is 0 Å². The molecule has 0 amide bonds. The van der Waals surface area contributed by atoms with Crippen LogP contribution < -0.4 is 0 Å². The topological polar surface area (TPSA) is 20.2 Å². The highest BCUT2D eigenvalue weighted by Crippen LogP contribution is 2.40. The van der Waals surface area contributed by atoms with Crippen LogP contribution in [0.15, 0.2) is 29.2 Å². The van der Waals surface area contributed by atoms with Gasteiger partial charge >= 0.3 is 0 Å². The molecule has 2 heteroatoms. The summed E-state index contributed by atoms with van der Waals surface area (Å²) in [7, 11) is 0. The van der Waals surface area contributed by atoms with Crippen molar-refractivity contribution in [1.29, 1.82) is 0 Å². The van der Waals surface area contributed by atoms with Gasteiger partial charge in [-0.3, -0.25) is 0 Å². The Balaban J connectivity index is 1.96. The zero-order valence-electron chi connectivity index (χ0n) is 10.0. The third-order valence-electron chi connectivity index (χ3n) is 3.46. The molecule has 1 heterocycles. The molecule has 2 rings (SSSR count). The fraction of sp³-hybridized carbons (Fsp3) is 0.571. The maximum Gasteiger partial charge on any atom is 0.0462 e. The van der Waals surface area contributed by atoms with Crippen molar-refractivity contribution < 1.29 is 5.11 Å². The molecule has 1 N–H and O–H groups in total. The number of rotatable bonds is 4. The summed E-state index contributed by atoms with van der Waals surface area (Å²) in [4.78, 5) is 1.44. The van der Waals surface area contributed by atoms with E-state index in [2.05, 4.69) is 38.1 Å². The molecule has 2 unspecified atom stereocenters. The van der Waals surface area contributed by atoms with Crippen molar-refractivity contribution in [3.8, 4) is 0 Å². The van der Waals surface area contributed by atoms with Crippen LogP contribution in [0.5, 0.6) is 0 Å². The predicted molar refractivity (Wildman–Crippen MR) is 69.8 cm³/mol. The Morgan fingerprint density at radius 1 is 1.38 bits per heavy atom. The number of thioether (sulfide) groups is 1. The third-order valence-corrected chi connectivity index (χ3v) is 4.80. The molecular weight excluding hydrogens is 216 g/mol. The minimum Gasteiger partial charge on any atom is -0.396 e. The van der Waals surface area contributed by atoms with Gasteiger partial charge in [0.2, 0.25) is 0 Å². The van der Waals surface area contributed by atoms with Crippen molar-refractivity contribution in [3.05, 3.63) is 29.8 Å². The molecule has 0 spiro atoms. The molecule has 0 fully saturated rings. The number of hydrogen-bond donors (Lipinski definition) is 1. The SMILES string of the molecule is CC(C)C(CO)CC1Cc2ccccc2S1. The molecule has 1 aliphatic heterocycles. The van der Waals surface area contributed by atoms with Crippen molar-refractivity contribution in [2.75, 3.05) is 6.61 Å².